The number of benzene rings is 1. The van der Waals surface area contributed by atoms with E-state index in [0.29, 0.717) is 24.1 Å². The Morgan fingerprint density at radius 3 is 2.62 bits per heavy atom. The van der Waals surface area contributed by atoms with Crippen LogP contribution in [0.25, 0.3) is 0 Å². The van der Waals surface area contributed by atoms with Crippen LogP contribution in [0.5, 0.6) is 0 Å². The lowest BCUT2D eigenvalue weighted by atomic mass is 9.96. The SMILES string of the molecule is NC(=S)c1cccc(C(=O)N2CCCC(C(F)(F)F)C2)c1. The summed E-state index contributed by atoms with van der Waals surface area (Å²) in [5.41, 5.74) is 6.33. The minimum absolute atomic E-state index is 0.0696. The van der Waals surface area contributed by atoms with Crippen LogP contribution in [0.2, 0.25) is 0 Å². The zero-order valence-electron chi connectivity index (χ0n) is 11.2. The molecule has 2 rings (SSSR count). The van der Waals surface area contributed by atoms with Crippen molar-refractivity contribution < 1.29 is 18.0 Å². The van der Waals surface area contributed by atoms with Gasteiger partial charge in [0.15, 0.2) is 0 Å². The second-order valence-corrected chi connectivity index (χ2v) is 5.52. The van der Waals surface area contributed by atoms with Crippen LogP contribution in [0.3, 0.4) is 0 Å². The van der Waals surface area contributed by atoms with E-state index in [1.807, 2.05) is 0 Å². The second kappa shape index (κ2) is 6.01. The molecule has 1 heterocycles. The lowest BCUT2D eigenvalue weighted by Gasteiger charge is -2.33. The van der Waals surface area contributed by atoms with Gasteiger partial charge in [-0.3, -0.25) is 4.79 Å². The molecule has 1 atom stereocenters. The van der Waals surface area contributed by atoms with Gasteiger partial charge in [0.2, 0.25) is 0 Å². The van der Waals surface area contributed by atoms with Crippen LogP contribution < -0.4 is 5.73 Å². The highest BCUT2D eigenvalue weighted by Gasteiger charge is 2.42. The standard InChI is InChI=1S/C14H15F3N2OS/c15-14(16,17)11-5-2-6-19(8-11)13(20)10-4-1-3-9(7-10)12(18)21/h1,3-4,7,11H,2,5-6,8H2,(H2,18,21). The average molecular weight is 316 g/mol. The number of piperidine rings is 1. The number of thiocarbonyl (C=S) groups is 1. The normalized spacial score (nSPS) is 19.4. The predicted octanol–water partition coefficient (Wildman–Crippen LogP) is 2.74. The van der Waals surface area contributed by atoms with E-state index in [-0.39, 0.29) is 18.0 Å². The Bertz CT molecular complexity index is 559. The van der Waals surface area contributed by atoms with Gasteiger partial charge in [0.05, 0.1) is 5.92 Å². The van der Waals surface area contributed by atoms with Crippen molar-refractivity contribution in [3.05, 3.63) is 35.4 Å². The first-order chi connectivity index (χ1) is 9.79. The van der Waals surface area contributed by atoms with E-state index < -0.39 is 18.0 Å². The molecule has 1 aromatic rings. The van der Waals surface area contributed by atoms with Crippen molar-refractivity contribution in [3.8, 4) is 0 Å². The van der Waals surface area contributed by atoms with Gasteiger partial charge in [-0.2, -0.15) is 13.2 Å². The lowest BCUT2D eigenvalue weighted by Crippen LogP contribution is -2.44. The summed E-state index contributed by atoms with van der Waals surface area (Å²) in [5, 5.41) is 0. The quantitative estimate of drug-likeness (QED) is 0.854. The zero-order chi connectivity index (χ0) is 15.6. The maximum atomic E-state index is 12.8. The maximum absolute atomic E-state index is 12.8. The van der Waals surface area contributed by atoms with Crippen molar-refractivity contribution in [1.82, 2.24) is 4.90 Å². The van der Waals surface area contributed by atoms with Crippen LogP contribution in [0.4, 0.5) is 13.2 Å². The number of likely N-dealkylation sites (tertiary alicyclic amines) is 1. The smallest absolute Gasteiger partial charge is 0.389 e. The number of nitrogens with zero attached hydrogens (tertiary/aromatic N) is 1. The van der Waals surface area contributed by atoms with E-state index in [0.717, 1.165) is 0 Å². The van der Waals surface area contributed by atoms with Crippen LogP contribution in [0.1, 0.15) is 28.8 Å². The van der Waals surface area contributed by atoms with Crippen LogP contribution in [0.15, 0.2) is 24.3 Å². The molecule has 0 bridgehead atoms. The number of amides is 1. The lowest BCUT2D eigenvalue weighted by molar-refractivity contribution is -0.184. The van der Waals surface area contributed by atoms with E-state index in [1.54, 1.807) is 18.2 Å². The number of nitrogens with two attached hydrogens (primary N) is 1. The monoisotopic (exact) mass is 316 g/mol. The number of hydrogen-bond acceptors (Lipinski definition) is 2. The molecule has 0 aliphatic carbocycles. The molecule has 2 N–H and O–H groups in total. The Balaban J connectivity index is 2.16. The Kier molecular flexibility index (Phi) is 4.51. The fourth-order valence-electron chi connectivity index (χ4n) is 2.42. The molecular weight excluding hydrogens is 301 g/mol. The van der Waals surface area contributed by atoms with E-state index in [2.05, 4.69) is 0 Å². The third-order valence-corrected chi connectivity index (χ3v) is 3.80. The molecule has 0 spiro atoms. The largest absolute Gasteiger partial charge is 0.393 e. The van der Waals surface area contributed by atoms with Crippen molar-refractivity contribution in [2.24, 2.45) is 11.7 Å². The van der Waals surface area contributed by atoms with Gasteiger partial charge in [-0.15, -0.1) is 0 Å². The van der Waals surface area contributed by atoms with Crippen molar-refractivity contribution in [2.45, 2.75) is 19.0 Å². The Labute approximate surface area is 125 Å². The maximum Gasteiger partial charge on any atom is 0.393 e. The fraction of sp³-hybridized carbons (Fsp3) is 0.429. The van der Waals surface area contributed by atoms with Crippen molar-refractivity contribution in [3.63, 3.8) is 0 Å². The molecule has 0 aromatic heterocycles. The number of hydrogen-bond donors (Lipinski definition) is 1. The van der Waals surface area contributed by atoms with Crippen molar-refractivity contribution in [2.75, 3.05) is 13.1 Å². The molecule has 3 nitrogen and oxygen atoms in total. The molecule has 114 valence electrons. The van der Waals surface area contributed by atoms with Crippen LogP contribution in [-0.2, 0) is 0 Å². The summed E-state index contributed by atoms with van der Waals surface area (Å²) in [6.45, 7) is 0.0440. The number of carbonyl (C=O) groups is 1. The molecule has 1 aliphatic rings. The summed E-state index contributed by atoms with van der Waals surface area (Å²) >= 11 is 4.84. The van der Waals surface area contributed by atoms with Gasteiger partial charge >= 0.3 is 6.18 Å². The molecule has 1 aromatic carbocycles. The Hall–Kier alpha value is -1.63. The average Bonchev–Trinajstić information content (AvgIpc) is 2.46. The molecular formula is C14H15F3N2OS. The predicted molar refractivity (Wildman–Crippen MR) is 77.0 cm³/mol. The summed E-state index contributed by atoms with van der Waals surface area (Å²) in [4.78, 5) is 13.7. The van der Waals surface area contributed by atoms with Gasteiger partial charge in [-0.05, 0) is 25.0 Å². The fourth-order valence-corrected chi connectivity index (χ4v) is 2.54. The number of alkyl halides is 3. The Morgan fingerprint density at radius 2 is 2.00 bits per heavy atom. The zero-order valence-corrected chi connectivity index (χ0v) is 12.0. The minimum Gasteiger partial charge on any atom is -0.389 e. The van der Waals surface area contributed by atoms with E-state index in [9.17, 15) is 18.0 Å². The van der Waals surface area contributed by atoms with Gasteiger partial charge in [0.25, 0.3) is 5.91 Å². The summed E-state index contributed by atoms with van der Waals surface area (Å²) in [5.74, 6) is -1.86. The number of rotatable bonds is 2. The first-order valence-corrected chi connectivity index (χ1v) is 6.95. The highest BCUT2D eigenvalue weighted by Crippen LogP contribution is 2.33. The summed E-state index contributed by atoms with van der Waals surface area (Å²) in [7, 11) is 0. The molecule has 1 amide bonds. The molecule has 21 heavy (non-hydrogen) atoms. The summed E-state index contributed by atoms with van der Waals surface area (Å²) in [6, 6.07) is 6.35. The van der Waals surface area contributed by atoms with Gasteiger partial charge in [-0.25, -0.2) is 0 Å². The molecule has 7 heteroatoms. The Morgan fingerprint density at radius 1 is 1.33 bits per heavy atom. The minimum atomic E-state index is -4.26. The first kappa shape index (κ1) is 15.8. The second-order valence-electron chi connectivity index (χ2n) is 5.08. The van der Waals surface area contributed by atoms with Gasteiger partial charge in [0.1, 0.15) is 4.99 Å². The number of carbonyl (C=O) groups excluding carboxylic acids is 1. The van der Waals surface area contributed by atoms with Gasteiger partial charge in [0, 0.05) is 24.2 Å². The molecule has 1 aliphatic heterocycles. The number of halogens is 3. The first-order valence-electron chi connectivity index (χ1n) is 6.55. The highest BCUT2D eigenvalue weighted by atomic mass is 32.1. The van der Waals surface area contributed by atoms with Crippen LogP contribution >= 0.6 is 12.2 Å². The van der Waals surface area contributed by atoms with E-state index in [4.69, 9.17) is 18.0 Å². The van der Waals surface area contributed by atoms with Crippen molar-refractivity contribution in [1.29, 1.82) is 0 Å². The van der Waals surface area contributed by atoms with Crippen LogP contribution in [-0.4, -0.2) is 35.1 Å². The molecule has 0 radical (unpaired) electrons. The molecule has 0 saturated carbocycles. The molecule has 1 fully saturated rings. The third kappa shape index (κ3) is 3.72. The third-order valence-electron chi connectivity index (χ3n) is 3.57. The van der Waals surface area contributed by atoms with Crippen molar-refractivity contribution >= 4 is 23.1 Å². The highest BCUT2D eigenvalue weighted by molar-refractivity contribution is 7.80. The van der Waals surface area contributed by atoms with Gasteiger partial charge < -0.3 is 10.6 Å². The van der Waals surface area contributed by atoms with E-state index >= 15 is 0 Å². The van der Waals surface area contributed by atoms with Crippen LogP contribution in [0, 0.1) is 5.92 Å². The van der Waals surface area contributed by atoms with Gasteiger partial charge in [-0.1, -0.05) is 24.4 Å². The molecule has 1 saturated heterocycles. The summed E-state index contributed by atoms with van der Waals surface area (Å²) in [6.07, 6.45) is -3.84. The van der Waals surface area contributed by atoms with E-state index in [1.165, 1.54) is 11.0 Å². The summed E-state index contributed by atoms with van der Waals surface area (Å²) < 4.78 is 38.3. The topological polar surface area (TPSA) is 46.3 Å². The molecule has 1 unspecified atom stereocenters.